The van der Waals surface area contributed by atoms with Gasteiger partial charge in [0.05, 0.1) is 0 Å². The third-order valence-electron chi connectivity index (χ3n) is 1.62. The molecule has 1 rings (SSSR count). The fourth-order valence-electron chi connectivity index (χ4n) is 0.861. The number of hydrogen-bond acceptors (Lipinski definition) is 0. The largest absolute Gasteiger partial charge is 0.0991 e. The molecule has 15 heavy (non-hydrogen) atoms. The van der Waals surface area contributed by atoms with E-state index in [1.54, 1.807) is 6.08 Å². The second kappa shape index (κ2) is 9.01. The molecular formula is C15H20. The van der Waals surface area contributed by atoms with Crippen LogP contribution in [0.2, 0.25) is 0 Å². The van der Waals surface area contributed by atoms with Crippen LogP contribution in [0.4, 0.5) is 0 Å². The summed E-state index contributed by atoms with van der Waals surface area (Å²) in [5.74, 6) is 0. The van der Waals surface area contributed by atoms with Crippen LogP contribution in [0, 0.1) is 6.92 Å². The number of hydrogen-bond donors (Lipinski definition) is 0. The van der Waals surface area contributed by atoms with Crippen molar-refractivity contribution in [1.29, 1.82) is 0 Å². The normalized spacial score (nSPS) is 9.00. The predicted molar refractivity (Wildman–Crippen MR) is 69.9 cm³/mol. The van der Waals surface area contributed by atoms with Crippen LogP contribution in [-0.2, 0) is 0 Å². The van der Waals surface area contributed by atoms with Gasteiger partial charge in [-0.3, -0.25) is 0 Å². The van der Waals surface area contributed by atoms with Gasteiger partial charge in [0.15, 0.2) is 0 Å². The molecule has 0 aliphatic carbocycles. The predicted octanol–water partition coefficient (Wildman–Crippen LogP) is 4.69. The molecule has 0 spiro atoms. The van der Waals surface area contributed by atoms with Crippen molar-refractivity contribution in [3.05, 3.63) is 72.4 Å². The number of rotatable bonds is 2. The number of aryl methyl sites for hydroxylation is 1. The van der Waals surface area contributed by atoms with Crippen molar-refractivity contribution >= 4 is 0 Å². The summed E-state index contributed by atoms with van der Waals surface area (Å²) in [5, 5.41) is 0. The first-order chi connectivity index (χ1) is 7.16. The molecule has 1 aromatic rings. The van der Waals surface area contributed by atoms with E-state index in [0.717, 1.165) is 0 Å². The van der Waals surface area contributed by atoms with Crippen molar-refractivity contribution < 1.29 is 0 Å². The Balaban J connectivity index is 0.000000262. The van der Waals surface area contributed by atoms with Crippen LogP contribution in [0.5, 0.6) is 0 Å². The molecule has 0 aromatic heterocycles. The van der Waals surface area contributed by atoms with Gasteiger partial charge in [0.1, 0.15) is 0 Å². The lowest BCUT2D eigenvalue weighted by Crippen LogP contribution is -1.62. The minimum absolute atomic E-state index is 1.31. The second-order valence-electron chi connectivity index (χ2n) is 3.52. The van der Waals surface area contributed by atoms with Crippen molar-refractivity contribution in [3.63, 3.8) is 0 Å². The van der Waals surface area contributed by atoms with Crippen molar-refractivity contribution in [2.45, 2.75) is 20.8 Å². The van der Waals surface area contributed by atoms with Crippen LogP contribution in [0.1, 0.15) is 19.4 Å². The fourth-order valence-corrected chi connectivity index (χ4v) is 0.861. The summed E-state index contributed by atoms with van der Waals surface area (Å²) in [6, 6.07) is 10.3. The molecule has 0 nitrogen and oxygen atoms in total. The van der Waals surface area contributed by atoms with Gasteiger partial charge in [-0.2, -0.15) is 0 Å². The highest BCUT2D eigenvalue weighted by Gasteiger charge is 1.72. The van der Waals surface area contributed by atoms with E-state index in [1.165, 1.54) is 11.1 Å². The molecule has 0 aliphatic rings. The molecule has 0 radical (unpaired) electrons. The summed E-state index contributed by atoms with van der Waals surface area (Å²) in [6.07, 6.45) is 7.69. The average molecular weight is 200 g/mol. The molecule has 0 amide bonds. The Hall–Kier alpha value is -1.56. The minimum atomic E-state index is 1.31. The van der Waals surface area contributed by atoms with Gasteiger partial charge in [0, 0.05) is 0 Å². The van der Waals surface area contributed by atoms with Gasteiger partial charge in [-0.05, 0) is 20.8 Å². The van der Waals surface area contributed by atoms with E-state index < -0.39 is 0 Å². The van der Waals surface area contributed by atoms with Crippen molar-refractivity contribution in [1.82, 2.24) is 0 Å². The van der Waals surface area contributed by atoms with E-state index in [-0.39, 0.29) is 0 Å². The Morgan fingerprint density at radius 1 is 1.07 bits per heavy atom. The number of allylic oxidation sites excluding steroid dienone is 5. The van der Waals surface area contributed by atoms with Crippen molar-refractivity contribution in [2.75, 3.05) is 0 Å². The molecule has 0 saturated carbocycles. The van der Waals surface area contributed by atoms with Gasteiger partial charge in [-0.1, -0.05) is 72.4 Å². The summed E-state index contributed by atoms with van der Waals surface area (Å²) in [7, 11) is 0. The second-order valence-corrected chi connectivity index (χ2v) is 3.52. The van der Waals surface area contributed by atoms with E-state index in [9.17, 15) is 0 Å². The first-order valence-electron chi connectivity index (χ1n) is 5.11. The molecule has 0 heterocycles. The van der Waals surface area contributed by atoms with Crippen molar-refractivity contribution in [2.24, 2.45) is 0 Å². The standard InChI is InChI=1S/C8H12.C7H8/c1-4-5-6-7-8(2)3;1-7-5-3-2-4-6-7/h4-7H,1H2,2-3H3;2-6H,1H3/b6-5-;. The van der Waals surface area contributed by atoms with E-state index in [2.05, 4.69) is 39.5 Å². The van der Waals surface area contributed by atoms with Gasteiger partial charge in [0.2, 0.25) is 0 Å². The zero-order valence-corrected chi connectivity index (χ0v) is 9.90. The topological polar surface area (TPSA) is 0 Å². The van der Waals surface area contributed by atoms with Gasteiger partial charge in [-0.15, -0.1) is 0 Å². The van der Waals surface area contributed by atoms with Crippen LogP contribution in [-0.4, -0.2) is 0 Å². The molecule has 0 atom stereocenters. The molecule has 0 fully saturated rings. The van der Waals surface area contributed by atoms with E-state index in [0.29, 0.717) is 0 Å². The van der Waals surface area contributed by atoms with Crippen LogP contribution >= 0.6 is 0 Å². The maximum atomic E-state index is 3.54. The minimum Gasteiger partial charge on any atom is -0.0991 e. The van der Waals surface area contributed by atoms with Crippen LogP contribution in [0.15, 0.2) is 66.8 Å². The molecule has 0 N–H and O–H groups in total. The van der Waals surface area contributed by atoms with Gasteiger partial charge in [0.25, 0.3) is 0 Å². The highest BCUT2D eigenvalue weighted by atomic mass is 13.8. The maximum Gasteiger partial charge on any atom is -0.0398 e. The van der Waals surface area contributed by atoms with E-state index in [4.69, 9.17) is 0 Å². The first-order valence-corrected chi connectivity index (χ1v) is 5.11. The molecule has 0 aliphatic heterocycles. The Kier molecular flexibility index (Phi) is 8.08. The molecule has 80 valence electrons. The van der Waals surface area contributed by atoms with Crippen LogP contribution < -0.4 is 0 Å². The zero-order valence-electron chi connectivity index (χ0n) is 9.90. The lowest BCUT2D eigenvalue weighted by molar-refractivity contribution is 1.39. The summed E-state index contributed by atoms with van der Waals surface area (Å²) >= 11 is 0. The zero-order chi connectivity index (χ0) is 11.5. The molecule has 0 unspecified atom stereocenters. The van der Waals surface area contributed by atoms with Gasteiger partial charge >= 0.3 is 0 Å². The third kappa shape index (κ3) is 10.4. The smallest absolute Gasteiger partial charge is 0.0398 e. The van der Waals surface area contributed by atoms with Gasteiger partial charge < -0.3 is 0 Å². The summed E-state index contributed by atoms with van der Waals surface area (Å²) < 4.78 is 0. The van der Waals surface area contributed by atoms with Crippen LogP contribution in [0.3, 0.4) is 0 Å². The molecular weight excluding hydrogens is 180 g/mol. The lowest BCUT2D eigenvalue weighted by atomic mass is 10.2. The van der Waals surface area contributed by atoms with Gasteiger partial charge in [-0.25, -0.2) is 0 Å². The highest BCUT2D eigenvalue weighted by molar-refractivity contribution is 5.12. The molecule has 0 bridgehead atoms. The van der Waals surface area contributed by atoms with E-state index in [1.807, 2.05) is 36.4 Å². The third-order valence-corrected chi connectivity index (χ3v) is 1.62. The summed E-state index contributed by atoms with van der Waals surface area (Å²) in [6.45, 7) is 9.75. The summed E-state index contributed by atoms with van der Waals surface area (Å²) in [4.78, 5) is 0. The highest BCUT2D eigenvalue weighted by Crippen LogP contribution is 1.92. The summed E-state index contributed by atoms with van der Waals surface area (Å²) in [5.41, 5.74) is 2.63. The molecule has 0 saturated heterocycles. The Labute approximate surface area is 93.7 Å². The molecule has 0 heteroatoms. The molecule has 1 aromatic carbocycles. The first kappa shape index (κ1) is 13.4. The Morgan fingerprint density at radius 2 is 1.67 bits per heavy atom. The average Bonchev–Trinajstić information content (AvgIpc) is 2.20. The van der Waals surface area contributed by atoms with E-state index >= 15 is 0 Å². The lowest BCUT2D eigenvalue weighted by Gasteiger charge is -1.82. The fraction of sp³-hybridized carbons (Fsp3) is 0.200. The monoisotopic (exact) mass is 200 g/mol. The SMILES string of the molecule is C=C/C=C\C=C(C)C.Cc1ccccc1. The van der Waals surface area contributed by atoms with Crippen LogP contribution in [0.25, 0.3) is 0 Å². The Bertz CT molecular complexity index is 311. The van der Waals surface area contributed by atoms with Crippen molar-refractivity contribution in [3.8, 4) is 0 Å². The quantitative estimate of drug-likeness (QED) is 0.607. The maximum absolute atomic E-state index is 3.54. The Morgan fingerprint density at radius 3 is 2.00 bits per heavy atom. The number of benzene rings is 1.